The minimum atomic E-state index is -4.04. The van der Waals surface area contributed by atoms with Crippen molar-refractivity contribution in [1.82, 2.24) is 4.72 Å². The summed E-state index contributed by atoms with van der Waals surface area (Å²) in [6.45, 7) is 3.13. The van der Waals surface area contributed by atoms with Gasteiger partial charge in [-0.05, 0) is 24.5 Å². The molecule has 0 spiro atoms. The molecule has 0 bridgehead atoms. The summed E-state index contributed by atoms with van der Waals surface area (Å²) in [4.78, 5) is -0.651. The summed E-state index contributed by atoms with van der Waals surface area (Å²) in [5.41, 5.74) is -0.647. The largest absolute Gasteiger partial charge is 0.391 e. The molecule has 0 aliphatic carbocycles. The smallest absolute Gasteiger partial charge is 0.243 e. The Kier molecular flexibility index (Phi) is 5.39. The van der Waals surface area contributed by atoms with Crippen molar-refractivity contribution in [2.24, 2.45) is 5.92 Å². The van der Waals surface area contributed by atoms with Crippen LogP contribution in [0.1, 0.15) is 25.8 Å². The first kappa shape index (κ1) is 16.0. The van der Waals surface area contributed by atoms with Crippen LogP contribution in [0.5, 0.6) is 0 Å². The lowest BCUT2D eigenvalue weighted by Gasteiger charge is -2.11. The number of nitrogens with one attached hydrogen (secondary N) is 1. The summed E-state index contributed by atoms with van der Waals surface area (Å²) in [6.07, 6.45) is 0.606. The van der Waals surface area contributed by atoms with Crippen molar-refractivity contribution in [1.29, 1.82) is 0 Å². The highest BCUT2D eigenvalue weighted by Gasteiger charge is 2.22. The van der Waals surface area contributed by atoms with E-state index in [0.717, 1.165) is 12.1 Å². The number of hydrogen-bond acceptors (Lipinski definition) is 3. The second-order valence-electron chi connectivity index (χ2n) is 4.58. The Bertz CT molecular complexity index is 544. The van der Waals surface area contributed by atoms with E-state index < -0.39 is 38.7 Å². The number of benzene rings is 1. The van der Waals surface area contributed by atoms with Crippen molar-refractivity contribution in [2.75, 3.05) is 6.54 Å². The van der Waals surface area contributed by atoms with Crippen LogP contribution in [0.3, 0.4) is 0 Å². The van der Waals surface area contributed by atoms with E-state index in [1.165, 1.54) is 0 Å². The third-order valence-corrected chi connectivity index (χ3v) is 4.09. The van der Waals surface area contributed by atoms with Gasteiger partial charge >= 0.3 is 0 Å². The predicted octanol–water partition coefficient (Wildman–Crippen LogP) is 1.78. The van der Waals surface area contributed by atoms with Gasteiger partial charge in [-0.2, -0.15) is 0 Å². The first-order valence-electron chi connectivity index (χ1n) is 5.87. The van der Waals surface area contributed by atoms with E-state index in [1.807, 2.05) is 13.8 Å². The number of aliphatic hydroxyl groups is 1. The lowest BCUT2D eigenvalue weighted by molar-refractivity contribution is 0.267. The molecular weight excluding hydrogens is 276 g/mol. The summed E-state index contributed by atoms with van der Waals surface area (Å²) in [6, 6.07) is 1.67. The quantitative estimate of drug-likeness (QED) is 0.840. The molecule has 0 aliphatic rings. The van der Waals surface area contributed by atoms with Crippen molar-refractivity contribution >= 4 is 10.0 Å². The van der Waals surface area contributed by atoms with E-state index in [9.17, 15) is 17.2 Å². The van der Waals surface area contributed by atoms with Crippen molar-refractivity contribution in [3.63, 3.8) is 0 Å². The van der Waals surface area contributed by atoms with Gasteiger partial charge in [0.25, 0.3) is 0 Å². The van der Waals surface area contributed by atoms with Gasteiger partial charge in [0.15, 0.2) is 5.82 Å². The van der Waals surface area contributed by atoms with Gasteiger partial charge in [0.2, 0.25) is 10.0 Å². The summed E-state index contributed by atoms with van der Waals surface area (Å²) in [7, 11) is -4.04. The highest BCUT2D eigenvalue weighted by molar-refractivity contribution is 7.89. The standard InChI is InChI=1S/C12H17F2NO3S/c1-8(2)5-6-15-19(17,18)11-4-3-10(13)9(7-16)12(11)14/h3-4,8,15-16H,5-7H2,1-2H3. The Morgan fingerprint density at radius 2 is 1.95 bits per heavy atom. The fourth-order valence-electron chi connectivity index (χ4n) is 1.49. The Morgan fingerprint density at radius 1 is 1.32 bits per heavy atom. The molecule has 19 heavy (non-hydrogen) atoms. The maximum absolute atomic E-state index is 13.8. The average Bonchev–Trinajstić information content (AvgIpc) is 2.28. The summed E-state index contributed by atoms with van der Waals surface area (Å²) in [5, 5.41) is 8.84. The Balaban J connectivity index is 3.02. The molecule has 0 amide bonds. The van der Waals surface area contributed by atoms with Crippen molar-refractivity contribution in [2.45, 2.75) is 31.8 Å². The number of sulfonamides is 1. The van der Waals surface area contributed by atoms with Gasteiger partial charge < -0.3 is 5.11 Å². The minimum Gasteiger partial charge on any atom is -0.391 e. The Morgan fingerprint density at radius 3 is 2.47 bits per heavy atom. The third-order valence-electron chi connectivity index (χ3n) is 2.61. The second-order valence-corrected chi connectivity index (χ2v) is 6.31. The monoisotopic (exact) mass is 293 g/mol. The minimum absolute atomic E-state index is 0.172. The van der Waals surface area contributed by atoms with E-state index in [4.69, 9.17) is 5.11 Å². The van der Waals surface area contributed by atoms with Gasteiger partial charge in [0.05, 0.1) is 12.2 Å². The van der Waals surface area contributed by atoms with Crippen LogP contribution in [0.25, 0.3) is 0 Å². The molecule has 0 atom stereocenters. The van der Waals surface area contributed by atoms with Crippen LogP contribution < -0.4 is 4.72 Å². The highest BCUT2D eigenvalue weighted by Crippen LogP contribution is 2.21. The van der Waals surface area contributed by atoms with Crippen LogP contribution in [0.4, 0.5) is 8.78 Å². The fraction of sp³-hybridized carbons (Fsp3) is 0.500. The van der Waals surface area contributed by atoms with E-state index >= 15 is 0 Å². The number of halogens is 2. The molecule has 7 heteroatoms. The van der Waals surface area contributed by atoms with Crippen molar-refractivity contribution < 1.29 is 22.3 Å². The van der Waals surface area contributed by atoms with Gasteiger partial charge in [-0.3, -0.25) is 0 Å². The predicted molar refractivity (Wildman–Crippen MR) is 66.9 cm³/mol. The first-order chi connectivity index (χ1) is 8.79. The van der Waals surface area contributed by atoms with Crippen LogP contribution >= 0.6 is 0 Å². The Labute approximate surface area is 111 Å². The maximum Gasteiger partial charge on any atom is 0.243 e. The van der Waals surface area contributed by atoms with Gasteiger partial charge in [-0.25, -0.2) is 21.9 Å². The summed E-state index contributed by atoms with van der Waals surface area (Å²) in [5.74, 6) is -1.92. The average molecular weight is 293 g/mol. The normalized spacial score (nSPS) is 12.1. The van der Waals surface area contributed by atoms with Gasteiger partial charge in [-0.15, -0.1) is 0 Å². The summed E-state index contributed by atoms with van der Waals surface area (Å²) >= 11 is 0. The molecule has 1 rings (SSSR count). The zero-order valence-electron chi connectivity index (χ0n) is 10.8. The van der Waals surface area contributed by atoms with Gasteiger partial charge in [0.1, 0.15) is 10.7 Å². The molecule has 2 N–H and O–H groups in total. The van der Waals surface area contributed by atoms with Crippen molar-refractivity contribution in [3.05, 3.63) is 29.3 Å². The maximum atomic E-state index is 13.8. The molecule has 108 valence electrons. The van der Waals surface area contributed by atoms with E-state index in [0.29, 0.717) is 12.3 Å². The lowest BCUT2D eigenvalue weighted by Crippen LogP contribution is -2.27. The van der Waals surface area contributed by atoms with Crippen LogP contribution in [-0.4, -0.2) is 20.1 Å². The van der Waals surface area contributed by atoms with E-state index in [-0.39, 0.29) is 6.54 Å². The second kappa shape index (κ2) is 6.40. The highest BCUT2D eigenvalue weighted by atomic mass is 32.2. The topological polar surface area (TPSA) is 66.4 Å². The molecule has 1 aromatic rings. The van der Waals surface area contributed by atoms with Crippen LogP contribution in [0, 0.1) is 17.6 Å². The third kappa shape index (κ3) is 3.95. The van der Waals surface area contributed by atoms with Gasteiger partial charge in [-0.1, -0.05) is 13.8 Å². The molecule has 0 radical (unpaired) electrons. The molecule has 0 heterocycles. The van der Waals surface area contributed by atoms with Crippen LogP contribution in [0.2, 0.25) is 0 Å². The fourth-order valence-corrected chi connectivity index (χ4v) is 2.64. The molecule has 1 aromatic carbocycles. The van der Waals surface area contributed by atoms with Crippen molar-refractivity contribution in [3.8, 4) is 0 Å². The molecule has 4 nitrogen and oxygen atoms in total. The summed E-state index contributed by atoms with van der Waals surface area (Å²) < 4.78 is 52.9. The molecule has 0 saturated heterocycles. The molecule has 0 aromatic heterocycles. The zero-order chi connectivity index (χ0) is 14.6. The molecule has 0 fully saturated rings. The number of rotatable bonds is 6. The molecule has 0 saturated carbocycles. The molecule has 0 unspecified atom stereocenters. The van der Waals surface area contributed by atoms with E-state index in [1.54, 1.807) is 0 Å². The SMILES string of the molecule is CC(C)CCNS(=O)(=O)c1ccc(F)c(CO)c1F. The lowest BCUT2D eigenvalue weighted by atomic mass is 10.1. The van der Waals surface area contributed by atoms with E-state index in [2.05, 4.69) is 4.72 Å². The molecule has 0 aliphatic heterocycles. The zero-order valence-corrected chi connectivity index (χ0v) is 11.6. The molecular formula is C12H17F2NO3S. The number of hydrogen-bond donors (Lipinski definition) is 2. The number of aliphatic hydroxyl groups excluding tert-OH is 1. The van der Waals surface area contributed by atoms with Crippen LogP contribution in [0.15, 0.2) is 17.0 Å². The first-order valence-corrected chi connectivity index (χ1v) is 7.35. The Hall–Kier alpha value is -1.05. The van der Waals surface area contributed by atoms with Crippen LogP contribution in [-0.2, 0) is 16.6 Å². The van der Waals surface area contributed by atoms with Gasteiger partial charge in [0, 0.05) is 6.54 Å².